The van der Waals surface area contributed by atoms with Gasteiger partial charge in [-0.15, -0.1) is 5.10 Å². The van der Waals surface area contributed by atoms with Gasteiger partial charge in [0.2, 0.25) is 0 Å². The highest BCUT2D eigenvalue weighted by molar-refractivity contribution is 6.32. The van der Waals surface area contributed by atoms with Gasteiger partial charge in [-0.05, 0) is 6.07 Å². The minimum absolute atomic E-state index is 0.486. The summed E-state index contributed by atoms with van der Waals surface area (Å²) in [5.41, 5.74) is 1.76. The number of rotatable bonds is 2. The summed E-state index contributed by atoms with van der Waals surface area (Å²) < 4.78 is 0. The molecule has 72 valence electrons. The zero-order chi connectivity index (χ0) is 10.6. The lowest BCUT2D eigenvalue weighted by molar-refractivity contribution is 0.536. The topological polar surface area (TPSA) is 66.9 Å². The van der Waals surface area contributed by atoms with Crippen LogP contribution in [0, 0.1) is 0 Å². The lowest BCUT2D eigenvalue weighted by Crippen LogP contribution is -2.34. The Morgan fingerprint density at radius 1 is 1.64 bits per heavy atom. The van der Waals surface area contributed by atoms with E-state index in [1.807, 2.05) is 20.0 Å². The van der Waals surface area contributed by atoms with Gasteiger partial charge in [0.1, 0.15) is 13.5 Å². The second kappa shape index (κ2) is 4.52. The molecule has 0 radical (unpaired) electrons. The van der Waals surface area contributed by atoms with Gasteiger partial charge in [-0.2, -0.15) is 5.10 Å². The van der Waals surface area contributed by atoms with E-state index in [1.54, 1.807) is 13.2 Å². The van der Waals surface area contributed by atoms with E-state index in [-0.39, 0.29) is 0 Å². The van der Waals surface area contributed by atoms with Gasteiger partial charge in [0.15, 0.2) is 5.84 Å². The fourth-order valence-corrected chi connectivity index (χ4v) is 0.970. The van der Waals surface area contributed by atoms with Gasteiger partial charge < -0.3 is 0 Å². The molecule has 0 spiro atoms. The van der Waals surface area contributed by atoms with Crippen molar-refractivity contribution < 1.29 is 0 Å². The van der Waals surface area contributed by atoms with Crippen LogP contribution in [0.5, 0.6) is 0 Å². The highest BCUT2D eigenvalue weighted by Gasteiger charge is 2.07. The van der Waals surface area contributed by atoms with Gasteiger partial charge in [-0.25, -0.2) is 5.84 Å². The molecule has 0 atom stereocenters. The molecule has 6 heteroatoms. The number of hydrogen-bond acceptors (Lipinski definition) is 4. The third kappa shape index (κ3) is 2.40. The number of aromatic nitrogens is 1. The van der Waals surface area contributed by atoms with E-state index in [2.05, 4.69) is 21.9 Å². The van der Waals surface area contributed by atoms with E-state index in [1.165, 1.54) is 5.01 Å². The molecule has 14 heavy (non-hydrogen) atoms. The Morgan fingerprint density at radius 3 is 2.79 bits per heavy atom. The first kappa shape index (κ1) is 10.4. The van der Waals surface area contributed by atoms with Crippen molar-refractivity contribution >= 4 is 25.9 Å². The van der Waals surface area contributed by atoms with Crippen LogP contribution in [-0.2, 0) is 0 Å². The van der Waals surface area contributed by atoms with Crippen LogP contribution < -0.4 is 11.3 Å². The Morgan fingerprint density at radius 2 is 2.36 bits per heavy atom. The minimum atomic E-state index is 0.486. The molecule has 0 aliphatic heterocycles. The summed E-state index contributed by atoms with van der Waals surface area (Å²) in [7, 11) is 3.64. The molecular formula is C8H12BN5. The Kier molecular flexibility index (Phi) is 3.36. The third-order valence-corrected chi connectivity index (χ3v) is 1.64. The van der Waals surface area contributed by atoms with Crippen molar-refractivity contribution in [3.05, 3.63) is 24.0 Å². The second-order valence-electron chi connectivity index (χ2n) is 2.90. The zero-order valence-electron chi connectivity index (χ0n) is 8.31. The molecule has 0 aliphatic carbocycles. The summed E-state index contributed by atoms with van der Waals surface area (Å²) in [6.45, 7) is 3.28. The predicted octanol–water partition coefficient (Wildman–Crippen LogP) is -1.49. The molecule has 2 N–H and O–H groups in total. The van der Waals surface area contributed by atoms with Crippen molar-refractivity contribution in [2.75, 3.05) is 7.05 Å². The fraction of sp³-hybridized carbons (Fsp3) is 0.125. The Hall–Kier alpha value is -1.69. The van der Waals surface area contributed by atoms with Crippen molar-refractivity contribution in [2.45, 2.75) is 0 Å². The second-order valence-corrected chi connectivity index (χ2v) is 2.90. The highest BCUT2D eigenvalue weighted by Crippen LogP contribution is 1.97. The first-order valence-electron chi connectivity index (χ1n) is 4.10. The van der Waals surface area contributed by atoms with Crippen molar-refractivity contribution in [2.24, 2.45) is 16.0 Å². The molecule has 0 aliphatic rings. The average Bonchev–Trinajstić information content (AvgIpc) is 2.15. The molecule has 0 unspecified atom stereocenters. The zero-order valence-corrected chi connectivity index (χ0v) is 8.31. The van der Waals surface area contributed by atoms with E-state index < -0.39 is 0 Å². The van der Waals surface area contributed by atoms with Crippen LogP contribution in [0.1, 0.15) is 5.69 Å². The maximum atomic E-state index is 5.57. The molecule has 0 saturated carbocycles. The summed E-state index contributed by atoms with van der Waals surface area (Å²) in [5.74, 6) is 6.05. The fourth-order valence-electron chi connectivity index (χ4n) is 0.970. The molecule has 0 aromatic carbocycles. The molecule has 0 amide bonds. The summed E-state index contributed by atoms with van der Waals surface area (Å²) in [6.07, 6.45) is 1.75. The average molecular weight is 189 g/mol. The quantitative estimate of drug-likeness (QED) is 0.202. The van der Waals surface area contributed by atoms with Crippen molar-refractivity contribution in [3.63, 3.8) is 0 Å². The number of hydrogen-bond donors (Lipinski definition) is 1. The van der Waals surface area contributed by atoms with Crippen molar-refractivity contribution in [3.8, 4) is 0 Å². The number of hydrazine groups is 1. The molecule has 1 rings (SSSR count). The van der Waals surface area contributed by atoms with Gasteiger partial charge in [0, 0.05) is 20.0 Å². The normalized spacial score (nSPS) is 11.1. The van der Waals surface area contributed by atoms with E-state index in [4.69, 9.17) is 5.84 Å². The molecule has 1 aromatic rings. The van der Waals surface area contributed by atoms with Crippen LogP contribution in [0.25, 0.3) is 0 Å². The molecule has 5 nitrogen and oxygen atoms in total. The Balaban J connectivity index is 3.06. The maximum Gasteiger partial charge on any atom is 0.190 e. The molecular weight excluding hydrogens is 177 g/mol. The first-order chi connectivity index (χ1) is 6.65. The van der Waals surface area contributed by atoms with Crippen molar-refractivity contribution in [1.82, 2.24) is 9.99 Å². The van der Waals surface area contributed by atoms with E-state index in [9.17, 15) is 0 Å². The largest absolute Gasteiger partial charge is 0.295 e. The lowest BCUT2D eigenvalue weighted by Gasteiger charge is -2.12. The third-order valence-electron chi connectivity index (χ3n) is 1.64. The monoisotopic (exact) mass is 189 g/mol. The first-order valence-corrected chi connectivity index (χ1v) is 4.10. The molecule has 0 bridgehead atoms. The van der Waals surface area contributed by atoms with Crippen LogP contribution in [0.4, 0.5) is 0 Å². The summed E-state index contributed by atoms with van der Waals surface area (Å²) in [6, 6.07) is 3.77. The lowest BCUT2D eigenvalue weighted by atomic mass is 9.99. The molecule has 1 aromatic heterocycles. The molecule has 0 saturated heterocycles. The van der Waals surface area contributed by atoms with Gasteiger partial charge in [-0.1, -0.05) is 11.5 Å². The van der Waals surface area contributed by atoms with Gasteiger partial charge >= 0.3 is 0 Å². The number of amidine groups is 1. The van der Waals surface area contributed by atoms with Crippen LogP contribution in [0.15, 0.2) is 28.5 Å². The Bertz CT molecular complexity index is 343. The SMILES string of the molecule is Bc1ccc(/C(=N/N=C)N(C)N)nc1. The standard InChI is InChI=1S/C8H12BN5/c1-11-13-8(14(2)10)7-4-3-6(9)5-12-7/h3-5H,1,9-10H2,2H3/b13-8-. The van der Waals surface area contributed by atoms with E-state index >= 15 is 0 Å². The summed E-state index contributed by atoms with van der Waals surface area (Å²) in [5, 5.41) is 8.58. The summed E-state index contributed by atoms with van der Waals surface area (Å²) in [4.78, 5) is 4.18. The number of nitrogens with zero attached hydrogens (tertiary/aromatic N) is 4. The Labute approximate surface area is 83.7 Å². The smallest absolute Gasteiger partial charge is 0.190 e. The molecule has 1 heterocycles. The summed E-state index contributed by atoms with van der Waals surface area (Å²) >= 11 is 0. The molecule has 0 fully saturated rings. The predicted molar refractivity (Wildman–Crippen MR) is 60.5 cm³/mol. The highest BCUT2D eigenvalue weighted by atomic mass is 15.4. The van der Waals surface area contributed by atoms with Gasteiger partial charge in [-0.3, -0.25) is 9.99 Å². The number of nitrogens with two attached hydrogens (primary N) is 1. The van der Waals surface area contributed by atoms with Crippen LogP contribution in [0.3, 0.4) is 0 Å². The van der Waals surface area contributed by atoms with Crippen LogP contribution in [-0.4, -0.2) is 37.4 Å². The van der Waals surface area contributed by atoms with E-state index in [0.717, 1.165) is 5.46 Å². The van der Waals surface area contributed by atoms with Crippen LogP contribution >= 0.6 is 0 Å². The number of pyridine rings is 1. The maximum absolute atomic E-state index is 5.57. The van der Waals surface area contributed by atoms with Crippen LogP contribution in [0.2, 0.25) is 0 Å². The van der Waals surface area contributed by atoms with Gasteiger partial charge in [0.25, 0.3) is 0 Å². The van der Waals surface area contributed by atoms with Crippen molar-refractivity contribution in [1.29, 1.82) is 0 Å². The minimum Gasteiger partial charge on any atom is -0.295 e. The van der Waals surface area contributed by atoms with Gasteiger partial charge in [0.05, 0.1) is 0 Å². The van der Waals surface area contributed by atoms with E-state index in [0.29, 0.717) is 11.5 Å².